The highest BCUT2D eigenvalue weighted by atomic mass is 32.2. The van der Waals surface area contributed by atoms with Crippen molar-refractivity contribution in [1.82, 2.24) is 5.32 Å². The van der Waals surface area contributed by atoms with Gasteiger partial charge in [0.15, 0.2) is 0 Å². The van der Waals surface area contributed by atoms with E-state index in [0.717, 1.165) is 11.5 Å². The molecule has 0 fully saturated rings. The van der Waals surface area contributed by atoms with Crippen LogP contribution in [0.4, 0.5) is 13.2 Å². The molecule has 0 unspecified atom stereocenters. The van der Waals surface area contributed by atoms with Crippen molar-refractivity contribution in [2.24, 2.45) is 0 Å². The molecule has 1 heterocycles. The number of carbonyl (C=O) groups is 1. The maximum atomic E-state index is 12.1. The first-order valence-corrected chi connectivity index (χ1v) is 9.22. The smallest absolute Gasteiger partial charge is 0.406 e. The zero-order chi connectivity index (χ0) is 17.4. The van der Waals surface area contributed by atoms with E-state index < -0.39 is 6.36 Å². The van der Waals surface area contributed by atoms with Crippen LogP contribution in [-0.2, 0) is 17.0 Å². The zero-order valence-corrected chi connectivity index (χ0v) is 14.3. The molecular formula is C16H16F3NO2S2. The van der Waals surface area contributed by atoms with Crippen LogP contribution in [-0.4, -0.2) is 24.6 Å². The van der Waals surface area contributed by atoms with Gasteiger partial charge in [0.1, 0.15) is 5.75 Å². The van der Waals surface area contributed by atoms with E-state index in [1.54, 1.807) is 23.1 Å². The van der Waals surface area contributed by atoms with Crippen LogP contribution in [0.2, 0.25) is 0 Å². The van der Waals surface area contributed by atoms with Crippen LogP contribution in [0.25, 0.3) is 0 Å². The summed E-state index contributed by atoms with van der Waals surface area (Å²) in [7, 11) is 0. The van der Waals surface area contributed by atoms with E-state index in [9.17, 15) is 18.0 Å². The average Bonchev–Trinajstić information content (AvgIpc) is 3.01. The van der Waals surface area contributed by atoms with Crippen LogP contribution in [0.5, 0.6) is 5.75 Å². The molecule has 2 rings (SSSR count). The van der Waals surface area contributed by atoms with E-state index in [2.05, 4.69) is 21.5 Å². The Labute approximate surface area is 146 Å². The summed E-state index contributed by atoms with van der Waals surface area (Å²) in [4.78, 5) is 11.8. The van der Waals surface area contributed by atoms with Crippen molar-refractivity contribution >= 4 is 29.0 Å². The van der Waals surface area contributed by atoms with E-state index in [1.165, 1.54) is 29.8 Å². The first-order valence-electron chi connectivity index (χ1n) is 7.12. The molecule has 1 aromatic carbocycles. The maximum absolute atomic E-state index is 12.1. The maximum Gasteiger partial charge on any atom is 0.573 e. The fourth-order valence-electron chi connectivity index (χ4n) is 1.88. The molecule has 0 aliphatic heterocycles. The van der Waals surface area contributed by atoms with E-state index in [0.29, 0.717) is 12.1 Å². The first kappa shape index (κ1) is 18.7. The standard InChI is InChI=1S/C16H16F3NO2S2/c17-16(18,19)22-14-3-1-12(2-4-14)9-15(21)20-6-8-24-11-13-5-7-23-10-13/h1-5,7,10H,6,8-9,11H2,(H,20,21). The number of thiophene rings is 1. The Morgan fingerprint density at radius 2 is 1.92 bits per heavy atom. The summed E-state index contributed by atoms with van der Waals surface area (Å²) >= 11 is 3.39. The largest absolute Gasteiger partial charge is 0.573 e. The van der Waals surface area contributed by atoms with Gasteiger partial charge in [-0.2, -0.15) is 23.1 Å². The molecular weight excluding hydrogens is 359 g/mol. The third kappa shape index (κ3) is 7.27. The SMILES string of the molecule is O=C(Cc1ccc(OC(F)(F)F)cc1)NCCSCc1ccsc1. The van der Waals surface area contributed by atoms with E-state index in [-0.39, 0.29) is 18.1 Å². The normalized spacial score (nSPS) is 11.3. The molecule has 130 valence electrons. The number of rotatable bonds is 8. The minimum Gasteiger partial charge on any atom is -0.406 e. The molecule has 8 heteroatoms. The number of amides is 1. The van der Waals surface area contributed by atoms with Crippen molar-refractivity contribution in [1.29, 1.82) is 0 Å². The Morgan fingerprint density at radius 1 is 1.17 bits per heavy atom. The lowest BCUT2D eigenvalue weighted by atomic mass is 10.1. The molecule has 0 saturated carbocycles. The summed E-state index contributed by atoms with van der Waals surface area (Å²) in [6, 6.07) is 7.37. The Hall–Kier alpha value is -1.67. The number of nitrogens with one attached hydrogen (secondary N) is 1. The molecule has 24 heavy (non-hydrogen) atoms. The van der Waals surface area contributed by atoms with Crippen LogP contribution >= 0.6 is 23.1 Å². The molecule has 0 bridgehead atoms. The van der Waals surface area contributed by atoms with Gasteiger partial charge in [-0.3, -0.25) is 4.79 Å². The Bertz CT molecular complexity index is 628. The van der Waals surface area contributed by atoms with Crippen molar-refractivity contribution in [2.75, 3.05) is 12.3 Å². The summed E-state index contributed by atoms with van der Waals surface area (Å²) in [6.07, 6.45) is -4.58. The molecule has 0 aliphatic carbocycles. The molecule has 1 aromatic heterocycles. The van der Waals surface area contributed by atoms with Crippen LogP contribution in [0.1, 0.15) is 11.1 Å². The number of ether oxygens (including phenoxy) is 1. The van der Waals surface area contributed by atoms with Crippen molar-refractivity contribution in [3.8, 4) is 5.75 Å². The number of hydrogen-bond acceptors (Lipinski definition) is 4. The quantitative estimate of drug-likeness (QED) is 0.702. The average molecular weight is 375 g/mol. The highest BCUT2D eigenvalue weighted by Crippen LogP contribution is 2.22. The fraction of sp³-hybridized carbons (Fsp3) is 0.312. The molecule has 0 radical (unpaired) electrons. The third-order valence-electron chi connectivity index (χ3n) is 2.94. The molecule has 2 aromatic rings. The Kier molecular flexibility index (Phi) is 6.99. The molecule has 3 nitrogen and oxygen atoms in total. The Balaban J connectivity index is 1.64. The molecule has 0 atom stereocenters. The molecule has 1 N–H and O–H groups in total. The van der Waals surface area contributed by atoms with Gasteiger partial charge in [-0.05, 0) is 40.1 Å². The van der Waals surface area contributed by atoms with Crippen molar-refractivity contribution in [3.05, 3.63) is 52.2 Å². The van der Waals surface area contributed by atoms with E-state index >= 15 is 0 Å². The number of carbonyl (C=O) groups excluding carboxylic acids is 1. The number of hydrogen-bond donors (Lipinski definition) is 1. The van der Waals surface area contributed by atoms with Crippen molar-refractivity contribution in [2.45, 2.75) is 18.5 Å². The van der Waals surface area contributed by atoms with Crippen LogP contribution < -0.4 is 10.1 Å². The summed E-state index contributed by atoms with van der Waals surface area (Å²) in [5.41, 5.74) is 1.91. The summed E-state index contributed by atoms with van der Waals surface area (Å²) in [5, 5.41) is 6.92. The van der Waals surface area contributed by atoms with Gasteiger partial charge < -0.3 is 10.1 Å². The van der Waals surface area contributed by atoms with E-state index in [4.69, 9.17) is 0 Å². The monoisotopic (exact) mass is 375 g/mol. The summed E-state index contributed by atoms with van der Waals surface area (Å²) in [6.45, 7) is 0.558. The lowest BCUT2D eigenvalue weighted by molar-refractivity contribution is -0.274. The summed E-state index contributed by atoms with van der Waals surface area (Å²) in [5.74, 6) is 1.27. The molecule has 0 saturated heterocycles. The molecule has 0 spiro atoms. The van der Waals surface area contributed by atoms with Crippen LogP contribution in [0, 0.1) is 0 Å². The molecule has 0 aliphatic rings. The minimum absolute atomic E-state index is 0.126. The second kappa shape index (κ2) is 8.98. The number of halogens is 3. The van der Waals surface area contributed by atoms with Gasteiger partial charge in [0, 0.05) is 18.1 Å². The van der Waals surface area contributed by atoms with Gasteiger partial charge in [-0.1, -0.05) is 12.1 Å². The highest BCUT2D eigenvalue weighted by Gasteiger charge is 2.30. The third-order valence-corrected chi connectivity index (χ3v) is 4.70. The topological polar surface area (TPSA) is 38.3 Å². The van der Waals surface area contributed by atoms with Gasteiger partial charge in [-0.15, -0.1) is 13.2 Å². The lowest BCUT2D eigenvalue weighted by Crippen LogP contribution is -2.27. The van der Waals surface area contributed by atoms with Crippen LogP contribution in [0.3, 0.4) is 0 Å². The van der Waals surface area contributed by atoms with Crippen molar-refractivity contribution < 1.29 is 22.7 Å². The number of alkyl halides is 3. The Morgan fingerprint density at radius 3 is 2.54 bits per heavy atom. The van der Waals surface area contributed by atoms with Crippen LogP contribution in [0.15, 0.2) is 41.1 Å². The summed E-state index contributed by atoms with van der Waals surface area (Å²) < 4.78 is 40.0. The molecule has 1 amide bonds. The highest BCUT2D eigenvalue weighted by molar-refractivity contribution is 7.98. The second-order valence-corrected chi connectivity index (χ2v) is 6.79. The van der Waals surface area contributed by atoms with Gasteiger partial charge in [0.2, 0.25) is 5.91 Å². The number of benzene rings is 1. The second-order valence-electron chi connectivity index (χ2n) is 4.90. The number of thioether (sulfide) groups is 1. The van der Waals surface area contributed by atoms with Gasteiger partial charge in [-0.25, -0.2) is 0 Å². The predicted octanol–water partition coefficient (Wildman–Crippen LogP) is 4.24. The zero-order valence-electron chi connectivity index (χ0n) is 12.6. The van der Waals surface area contributed by atoms with Crippen molar-refractivity contribution in [3.63, 3.8) is 0 Å². The minimum atomic E-state index is -4.71. The van der Waals surface area contributed by atoms with Gasteiger partial charge >= 0.3 is 6.36 Å². The predicted molar refractivity (Wildman–Crippen MR) is 90.3 cm³/mol. The van der Waals surface area contributed by atoms with Gasteiger partial charge in [0.25, 0.3) is 0 Å². The van der Waals surface area contributed by atoms with Gasteiger partial charge in [0.05, 0.1) is 6.42 Å². The fourth-order valence-corrected chi connectivity index (χ4v) is 3.46. The lowest BCUT2D eigenvalue weighted by Gasteiger charge is -2.09. The first-order chi connectivity index (χ1) is 11.4. The van der Waals surface area contributed by atoms with E-state index in [1.807, 2.05) is 5.38 Å².